The van der Waals surface area contributed by atoms with Crippen molar-refractivity contribution in [2.75, 3.05) is 6.54 Å². The van der Waals surface area contributed by atoms with Gasteiger partial charge in [-0.1, -0.05) is 42.0 Å². The molecule has 108 valence electrons. The molecule has 0 radical (unpaired) electrons. The van der Waals surface area contributed by atoms with E-state index in [9.17, 15) is 9.90 Å². The number of rotatable bonds is 6. The Morgan fingerprint density at radius 1 is 1.25 bits per heavy atom. The first-order chi connectivity index (χ1) is 9.75. The van der Waals surface area contributed by atoms with Gasteiger partial charge in [0.25, 0.3) is 0 Å². The van der Waals surface area contributed by atoms with Crippen molar-refractivity contribution >= 4 is 5.91 Å². The molecular formula is C17H23NO2. The number of amides is 1. The smallest absolute Gasteiger partial charge is 0.222 e. The lowest BCUT2D eigenvalue weighted by molar-refractivity contribution is -0.123. The predicted octanol–water partition coefficient (Wildman–Crippen LogP) is 3.12. The van der Waals surface area contributed by atoms with Crippen molar-refractivity contribution in [3.8, 4) is 0 Å². The van der Waals surface area contributed by atoms with Crippen LogP contribution in [0, 0.1) is 0 Å². The fourth-order valence-corrected chi connectivity index (χ4v) is 2.54. The third kappa shape index (κ3) is 4.82. The lowest BCUT2D eigenvalue weighted by Gasteiger charge is -2.14. The summed E-state index contributed by atoms with van der Waals surface area (Å²) >= 11 is 0. The molecule has 3 nitrogen and oxygen atoms in total. The molecule has 0 aliphatic heterocycles. The molecule has 0 spiro atoms. The highest BCUT2D eigenvalue weighted by Gasteiger charge is 2.12. The van der Waals surface area contributed by atoms with Crippen molar-refractivity contribution in [1.82, 2.24) is 5.32 Å². The van der Waals surface area contributed by atoms with Crippen LogP contribution < -0.4 is 5.32 Å². The van der Waals surface area contributed by atoms with Crippen LogP contribution in [0.15, 0.2) is 42.0 Å². The highest BCUT2D eigenvalue weighted by molar-refractivity contribution is 5.76. The van der Waals surface area contributed by atoms with Gasteiger partial charge in [-0.15, -0.1) is 0 Å². The maximum absolute atomic E-state index is 11.8. The maximum Gasteiger partial charge on any atom is 0.222 e. The minimum Gasteiger partial charge on any atom is -0.388 e. The first-order valence-electron chi connectivity index (χ1n) is 7.43. The van der Waals surface area contributed by atoms with Gasteiger partial charge >= 0.3 is 0 Å². The van der Waals surface area contributed by atoms with Gasteiger partial charge in [-0.2, -0.15) is 0 Å². The molecule has 1 aliphatic carbocycles. The van der Waals surface area contributed by atoms with Gasteiger partial charge in [-0.3, -0.25) is 4.79 Å². The summed E-state index contributed by atoms with van der Waals surface area (Å²) in [6.45, 7) is 0.673. The molecule has 1 amide bonds. The Balaban J connectivity index is 1.69. The van der Waals surface area contributed by atoms with Crippen LogP contribution in [0.25, 0.3) is 0 Å². The van der Waals surface area contributed by atoms with Crippen molar-refractivity contribution in [3.63, 3.8) is 0 Å². The van der Waals surface area contributed by atoms with Crippen LogP contribution >= 0.6 is 0 Å². The molecule has 0 fully saturated rings. The number of carbonyl (C=O) groups excluding carboxylic acids is 1. The van der Waals surface area contributed by atoms with Crippen LogP contribution in [0.4, 0.5) is 0 Å². The number of aliphatic hydroxyl groups excluding tert-OH is 1. The van der Waals surface area contributed by atoms with Gasteiger partial charge in [0.15, 0.2) is 0 Å². The van der Waals surface area contributed by atoms with E-state index in [2.05, 4.69) is 11.4 Å². The molecule has 1 aromatic carbocycles. The summed E-state index contributed by atoms with van der Waals surface area (Å²) in [6.07, 6.45) is 7.56. The summed E-state index contributed by atoms with van der Waals surface area (Å²) in [5.41, 5.74) is 2.25. The van der Waals surface area contributed by atoms with Gasteiger partial charge in [-0.25, -0.2) is 0 Å². The Kier molecular flexibility index (Phi) is 5.81. The summed E-state index contributed by atoms with van der Waals surface area (Å²) in [5.74, 6) is -0.0854. The topological polar surface area (TPSA) is 49.3 Å². The number of nitrogens with one attached hydrogen (secondary N) is 1. The van der Waals surface area contributed by atoms with Crippen LogP contribution in [-0.2, 0) is 4.79 Å². The molecule has 0 saturated heterocycles. The molecule has 2 rings (SSSR count). The highest BCUT2D eigenvalue weighted by atomic mass is 16.3. The van der Waals surface area contributed by atoms with Crippen LogP contribution in [0.5, 0.6) is 0 Å². The Labute approximate surface area is 120 Å². The normalized spacial score (nSPS) is 16.4. The molecule has 0 aromatic heterocycles. The van der Waals surface area contributed by atoms with E-state index in [1.165, 1.54) is 31.3 Å². The van der Waals surface area contributed by atoms with Crippen molar-refractivity contribution in [2.24, 2.45) is 0 Å². The molecular weight excluding hydrogens is 250 g/mol. The maximum atomic E-state index is 11.8. The van der Waals surface area contributed by atoms with Gasteiger partial charge in [0.05, 0.1) is 12.5 Å². The third-order valence-corrected chi connectivity index (χ3v) is 3.72. The zero-order valence-corrected chi connectivity index (χ0v) is 11.8. The summed E-state index contributed by atoms with van der Waals surface area (Å²) in [6, 6.07) is 9.31. The minimum atomic E-state index is -0.718. The van der Waals surface area contributed by atoms with Gasteiger partial charge in [0, 0.05) is 6.54 Å². The summed E-state index contributed by atoms with van der Waals surface area (Å²) in [4.78, 5) is 11.8. The summed E-state index contributed by atoms with van der Waals surface area (Å²) < 4.78 is 0. The Bertz CT molecular complexity index is 453. The van der Waals surface area contributed by atoms with Crippen LogP contribution in [-0.4, -0.2) is 17.6 Å². The van der Waals surface area contributed by atoms with Gasteiger partial charge in [0.2, 0.25) is 5.91 Å². The van der Waals surface area contributed by atoms with E-state index in [1.54, 1.807) is 0 Å². The Hall–Kier alpha value is -1.61. The van der Waals surface area contributed by atoms with E-state index in [-0.39, 0.29) is 12.3 Å². The zero-order valence-electron chi connectivity index (χ0n) is 11.8. The molecule has 3 heteroatoms. The average Bonchev–Trinajstić information content (AvgIpc) is 2.49. The zero-order chi connectivity index (χ0) is 14.2. The van der Waals surface area contributed by atoms with E-state index < -0.39 is 6.10 Å². The van der Waals surface area contributed by atoms with Crippen LogP contribution in [0.3, 0.4) is 0 Å². The molecule has 1 atom stereocenters. The largest absolute Gasteiger partial charge is 0.388 e. The van der Waals surface area contributed by atoms with E-state index in [0.717, 1.165) is 12.0 Å². The number of hydrogen-bond acceptors (Lipinski definition) is 2. The summed E-state index contributed by atoms with van der Waals surface area (Å²) in [7, 11) is 0. The molecule has 0 saturated carbocycles. The standard InChI is InChI=1S/C17H23NO2/c19-16(15-9-5-2-6-10-15)13-17(20)18-12-11-14-7-3-1-4-8-14/h2,5-7,9-10,16,19H,1,3-4,8,11-13H2,(H,18,20). The predicted molar refractivity (Wildman–Crippen MR) is 80.2 cm³/mol. The second-order valence-corrected chi connectivity index (χ2v) is 5.34. The quantitative estimate of drug-likeness (QED) is 0.782. The highest BCUT2D eigenvalue weighted by Crippen LogP contribution is 2.19. The molecule has 1 aromatic rings. The van der Waals surface area contributed by atoms with Gasteiger partial charge < -0.3 is 10.4 Å². The second kappa shape index (κ2) is 7.85. The summed E-state index contributed by atoms with van der Waals surface area (Å²) in [5, 5.41) is 12.9. The van der Waals surface area contributed by atoms with E-state index in [1.807, 2.05) is 30.3 Å². The van der Waals surface area contributed by atoms with Crippen molar-refractivity contribution in [1.29, 1.82) is 0 Å². The fourth-order valence-electron chi connectivity index (χ4n) is 2.54. The third-order valence-electron chi connectivity index (χ3n) is 3.72. The lowest BCUT2D eigenvalue weighted by atomic mass is 9.97. The first kappa shape index (κ1) is 14.8. The molecule has 1 unspecified atom stereocenters. The van der Waals surface area contributed by atoms with Crippen molar-refractivity contribution in [3.05, 3.63) is 47.5 Å². The first-order valence-corrected chi connectivity index (χ1v) is 7.43. The fraction of sp³-hybridized carbons (Fsp3) is 0.471. The lowest BCUT2D eigenvalue weighted by Crippen LogP contribution is -2.26. The molecule has 20 heavy (non-hydrogen) atoms. The van der Waals surface area contributed by atoms with Crippen LogP contribution in [0.2, 0.25) is 0 Å². The monoisotopic (exact) mass is 273 g/mol. The second-order valence-electron chi connectivity index (χ2n) is 5.34. The van der Waals surface area contributed by atoms with Crippen molar-refractivity contribution in [2.45, 2.75) is 44.6 Å². The van der Waals surface area contributed by atoms with E-state index >= 15 is 0 Å². The number of aliphatic hydroxyl groups is 1. The average molecular weight is 273 g/mol. The number of benzene rings is 1. The molecule has 0 bridgehead atoms. The van der Waals surface area contributed by atoms with E-state index in [4.69, 9.17) is 0 Å². The number of carbonyl (C=O) groups is 1. The van der Waals surface area contributed by atoms with Crippen LogP contribution in [0.1, 0.15) is 50.2 Å². The molecule has 2 N–H and O–H groups in total. The minimum absolute atomic E-state index is 0.0854. The van der Waals surface area contributed by atoms with E-state index in [0.29, 0.717) is 6.54 Å². The molecule has 1 aliphatic rings. The van der Waals surface area contributed by atoms with Crippen molar-refractivity contribution < 1.29 is 9.90 Å². The number of hydrogen-bond donors (Lipinski definition) is 2. The van der Waals surface area contributed by atoms with Gasteiger partial charge in [-0.05, 0) is 37.7 Å². The molecule has 0 heterocycles. The SMILES string of the molecule is O=C(CC(O)c1ccccc1)NCCC1=CCCCC1. The Morgan fingerprint density at radius 2 is 2.05 bits per heavy atom. The Morgan fingerprint density at radius 3 is 2.75 bits per heavy atom. The number of allylic oxidation sites excluding steroid dienone is 1. The van der Waals surface area contributed by atoms with Gasteiger partial charge in [0.1, 0.15) is 0 Å².